The van der Waals surface area contributed by atoms with E-state index in [-0.39, 0.29) is 5.60 Å². The third-order valence-electron chi connectivity index (χ3n) is 6.02. The first-order valence-corrected chi connectivity index (χ1v) is 10.6. The van der Waals surface area contributed by atoms with E-state index in [4.69, 9.17) is 4.74 Å². The smallest absolute Gasteiger partial charge is 0.123 e. The lowest BCUT2D eigenvalue weighted by molar-refractivity contribution is 0.0466. The molecular weight excluding hydrogens is 366 g/mol. The zero-order valence-corrected chi connectivity index (χ0v) is 17.0. The van der Waals surface area contributed by atoms with E-state index >= 15 is 0 Å². The molecule has 0 unspecified atom stereocenters. The Bertz CT molecular complexity index is 1070. The van der Waals surface area contributed by atoms with Gasteiger partial charge in [0.25, 0.3) is 0 Å². The number of hydrogen-bond acceptors (Lipinski definition) is 2. The lowest BCUT2D eigenvalue weighted by Crippen LogP contribution is -2.44. The minimum absolute atomic E-state index is 0.243. The number of aromatic nitrogens is 1. The topological polar surface area (TPSA) is 22.1 Å². The summed E-state index contributed by atoms with van der Waals surface area (Å²) in [5.74, 6) is 1.02. The van der Waals surface area contributed by atoms with Crippen molar-refractivity contribution in [2.75, 3.05) is 0 Å². The molecule has 0 bridgehead atoms. The second-order valence-corrected chi connectivity index (χ2v) is 8.13. The summed E-state index contributed by atoms with van der Waals surface area (Å²) in [6, 6.07) is 32.0. The van der Waals surface area contributed by atoms with Crippen LogP contribution in [0.15, 0.2) is 103 Å². The number of hydrogen-bond donors (Lipinski definition) is 0. The number of pyridine rings is 1. The van der Waals surface area contributed by atoms with Crippen LogP contribution in [0.5, 0.6) is 5.75 Å². The molecule has 2 heterocycles. The quantitative estimate of drug-likeness (QED) is 0.398. The molecule has 0 radical (unpaired) electrons. The molecule has 1 aromatic heterocycles. The first kappa shape index (κ1) is 18.6. The van der Waals surface area contributed by atoms with E-state index in [1.807, 2.05) is 12.4 Å². The zero-order valence-electron chi connectivity index (χ0n) is 17.0. The molecule has 5 rings (SSSR count). The number of benzene rings is 3. The standard InChI is InChI=1S/C28H25NO/c1-3-8-22(9-4-1)20-28(21-23-10-5-2-6-11-23)17-14-26-25(12-7-13-27(26)30-28)24-15-18-29-19-16-24/h1-13,15-16,18-19H,14,17,20-21H2. The van der Waals surface area contributed by atoms with Gasteiger partial charge in [0.15, 0.2) is 0 Å². The maximum absolute atomic E-state index is 6.87. The first-order chi connectivity index (χ1) is 14.8. The van der Waals surface area contributed by atoms with Crippen molar-refractivity contribution >= 4 is 0 Å². The van der Waals surface area contributed by atoms with Crippen LogP contribution in [0.4, 0.5) is 0 Å². The molecule has 0 atom stereocenters. The van der Waals surface area contributed by atoms with Crippen LogP contribution in [0.2, 0.25) is 0 Å². The predicted molar refractivity (Wildman–Crippen MR) is 122 cm³/mol. The van der Waals surface area contributed by atoms with Crippen molar-refractivity contribution in [3.63, 3.8) is 0 Å². The van der Waals surface area contributed by atoms with Crippen LogP contribution in [-0.2, 0) is 19.3 Å². The molecule has 4 aromatic rings. The monoisotopic (exact) mass is 391 g/mol. The zero-order chi connectivity index (χ0) is 20.2. The van der Waals surface area contributed by atoms with E-state index in [0.717, 1.165) is 31.4 Å². The SMILES string of the molecule is c1ccc(CC2(Cc3ccccc3)CCc3c(cccc3-c3ccncc3)O2)cc1. The molecular formula is C28H25NO. The van der Waals surface area contributed by atoms with Crippen LogP contribution in [0.1, 0.15) is 23.1 Å². The van der Waals surface area contributed by atoms with Gasteiger partial charge in [0, 0.05) is 30.8 Å². The highest BCUT2D eigenvalue weighted by Gasteiger charge is 2.37. The fraction of sp³-hybridized carbons (Fsp3) is 0.179. The van der Waals surface area contributed by atoms with Gasteiger partial charge < -0.3 is 4.74 Å². The van der Waals surface area contributed by atoms with Gasteiger partial charge >= 0.3 is 0 Å². The summed E-state index contributed by atoms with van der Waals surface area (Å²) in [5, 5.41) is 0. The van der Waals surface area contributed by atoms with Crippen molar-refractivity contribution in [3.05, 3.63) is 120 Å². The Morgan fingerprint density at radius 2 is 1.33 bits per heavy atom. The molecule has 0 fully saturated rings. The van der Waals surface area contributed by atoms with Gasteiger partial charge in [-0.3, -0.25) is 4.98 Å². The number of ether oxygens (including phenoxy) is 1. The summed E-state index contributed by atoms with van der Waals surface area (Å²) in [4.78, 5) is 4.17. The van der Waals surface area contributed by atoms with E-state index in [1.54, 1.807) is 0 Å². The maximum Gasteiger partial charge on any atom is 0.123 e. The Hall–Kier alpha value is -3.39. The van der Waals surface area contributed by atoms with Crippen molar-refractivity contribution < 1.29 is 4.74 Å². The molecule has 0 N–H and O–H groups in total. The molecule has 30 heavy (non-hydrogen) atoms. The van der Waals surface area contributed by atoms with E-state index < -0.39 is 0 Å². The molecule has 0 saturated carbocycles. The lowest BCUT2D eigenvalue weighted by Gasteiger charge is -2.40. The van der Waals surface area contributed by atoms with Crippen LogP contribution in [0.3, 0.4) is 0 Å². The second kappa shape index (κ2) is 8.16. The third-order valence-corrected chi connectivity index (χ3v) is 6.02. The first-order valence-electron chi connectivity index (χ1n) is 10.6. The van der Waals surface area contributed by atoms with Gasteiger partial charge in [0.2, 0.25) is 0 Å². The molecule has 2 heteroatoms. The van der Waals surface area contributed by atoms with Gasteiger partial charge in [-0.15, -0.1) is 0 Å². The van der Waals surface area contributed by atoms with E-state index in [2.05, 4.69) is 96.0 Å². The summed E-state index contributed by atoms with van der Waals surface area (Å²) in [5.41, 5.74) is 6.16. The van der Waals surface area contributed by atoms with E-state index in [1.165, 1.54) is 27.8 Å². The minimum Gasteiger partial charge on any atom is -0.486 e. The molecule has 2 nitrogen and oxygen atoms in total. The van der Waals surface area contributed by atoms with E-state index in [0.29, 0.717) is 0 Å². The van der Waals surface area contributed by atoms with Gasteiger partial charge in [-0.1, -0.05) is 72.8 Å². The number of fused-ring (bicyclic) bond motifs is 1. The molecule has 0 aliphatic carbocycles. The minimum atomic E-state index is -0.243. The van der Waals surface area contributed by atoms with Gasteiger partial charge in [0.05, 0.1) is 0 Å². The normalized spacial score (nSPS) is 14.5. The lowest BCUT2D eigenvalue weighted by atomic mass is 9.80. The summed E-state index contributed by atoms with van der Waals surface area (Å²) in [6.45, 7) is 0. The van der Waals surface area contributed by atoms with Gasteiger partial charge in [0.1, 0.15) is 11.4 Å². The van der Waals surface area contributed by atoms with Crippen molar-refractivity contribution in [2.45, 2.75) is 31.3 Å². The Morgan fingerprint density at radius 3 is 1.97 bits per heavy atom. The summed E-state index contributed by atoms with van der Waals surface area (Å²) < 4.78 is 6.87. The molecule has 0 spiro atoms. The van der Waals surface area contributed by atoms with Crippen molar-refractivity contribution in [3.8, 4) is 16.9 Å². The van der Waals surface area contributed by atoms with Crippen LogP contribution in [0.25, 0.3) is 11.1 Å². The van der Waals surface area contributed by atoms with Crippen LogP contribution in [0, 0.1) is 0 Å². The fourth-order valence-corrected chi connectivity index (χ4v) is 4.61. The van der Waals surface area contributed by atoms with Crippen LogP contribution >= 0.6 is 0 Å². The largest absolute Gasteiger partial charge is 0.486 e. The van der Waals surface area contributed by atoms with Crippen molar-refractivity contribution in [2.24, 2.45) is 0 Å². The molecule has 148 valence electrons. The highest BCUT2D eigenvalue weighted by molar-refractivity contribution is 5.70. The molecule has 0 amide bonds. The van der Waals surface area contributed by atoms with Crippen LogP contribution < -0.4 is 4.74 Å². The highest BCUT2D eigenvalue weighted by atomic mass is 16.5. The van der Waals surface area contributed by atoms with Crippen molar-refractivity contribution in [1.29, 1.82) is 0 Å². The fourth-order valence-electron chi connectivity index (χ4n) is 4.61. The summed E-state index contributed by atoms with van der Waals surface area (Å²) in [6.07, 6.45) is 7.52. The number of nitrogens with zero attached hydrogens (tertiary/aromatic N) is 1. The Balaban J connectivity index is 1.52. The summed E-state index contributed by atoms with van der Waals surface area (Å²) in [7, 11) is 0. The van der Waals surface area contributed by atoms with Gasteiger partial charge in [-0.05, 0) is 53.3 Å². The molecule has 1 aliphatic heterocycles. The summed E-state index contributed by atoms with van der Waals surface area (Å²) >= 11 is 0. The molecule has 0 saturated heterocycles. The van der Waals surface area contributed by atoms with Crippen LogP contribution in [-0.4, -0.2) is 10.6 Å². The molecule has 1 aliphatic rings. The second-order valence-electron chi connectivity index (χ2n) is 8.13. The highest BCUT2D eigenvalue weighted by Crippen LogP contribution is 2.41. The Morgan fingerprint density at radius 1 is 0.700 bits per heavy atom. The van der Waals surface area contributed by atoms with Crippen molar-refractivity contribution in [1.82, 2.24) is 4.98 Å². The Labute approximate surface area is 178 Å². The average molecular weight is 392 g/mol. The van der Waals surface area contributed by atoms with Gasteiger partial charge in [-0.2, -0.15) is 0 Å². The number of rotatable bonds is 5. The third kappa shape index (κ3) is 3.86. The van der Waals surface area contributed by atoms with Gasteiger partial charge in [-0.25, -0.2) is 0 Å². The molecule has 3 aromatic carbocycles. The predicted octanol–water partition coefficient (Wildman–Crippen LogP) is 6.30. The Kier molecular flexibility index (Phi) is 5.06. The van der Waals surface area contributed by atoms with E-state index in [9.17, 15) is 0 Å². The maximum atomic E-state index is 6.87. The average Bonchev–Trinajstić information content (AvgIpc) is 2.80.